The summed E-state index contributed by atoms with van der Waals surface area (Å²) in [6.07, 6.45) is 3.41. The van der Waals surface area contributed by atoms with Gasteiger partial charge in [0.2, 0.25) is 0 Å². The molecule has 4 heteroatoms. The predicted octanol–water partition coefficient (Wildman–Crippen LogP) is 3.72. The summed E-state index contributed by atoms with van der Waals surface area (Å²) < 4.78 is 32.8. The lowest BCUT2D eigenvalue weighted by Crippen LogP contribution is -2.35. The van der Waals surface area contributed by atoms with Gasteiger partial charge in [0.1, 0.15) is 5.58 Å². The maximum atomic E-state index is 13.7. The molecule has 1 N–H and O–H groups in total. The summed E-state index contributed by atoms with van der Waals surface area (Å²) in [5, 5.41) is 3.47. The molecule has 2 heterocycles. The topological polar surface area (TPSA) is 25.2 Å². The lowest BCUT2D eigenvalue weighted by Gasteiger charge is -2.32. The summed E-state index contributed by atoms with van der Waals surface area (Å²) in [6.45, 7) is 5.65. The van der Waals surface area contributed by atoms with Gasteiger partial charge in [0.25, 0.3) is 0 Å². The third kappa shape index (κ3) is 1.87. The van der Waals surface area contributed by atoms with Crippen LogP contribution in [0.1, 0.15) is 19.4 Å². The molecule has 1 aromatic heterocycles. The number of benzene rings is 1. The van der Waals surface area contributed by atoms with Gasteiger partial charge >= 0.3 is 0 Å². The first-order valence-corrected chi connectivity index (χ1v) is 6.27. The Kier molecular flexibility index (Phi) is 2.71. The summed E-state index contributed by atoms with van der Waals surface area (Å²) in [5.41, 5.74) is 1.90. The summed E-state index contributed by atoms with van der Waals surface area (Å²) in [4.78, 5) is 0. The highest BCUT2D eigenvalue weighted by atomic mass is 19.2. The highest BCUT2D eigenvalue weighted by molar-refractivity contribution is 5.91. The van der Waals surface area contributed by atoms with E-state index in [0.717, 1.165) is 18.7 Å². The summed E-state index contributed by atoms with van der Waals surface area (Å²) in [5.74, 6) is -1.68. The van der Waals surface area contributed by atoms with Crippen molar-refractivity contribution in [3.05, 3.63) is 41.7 Å². The molecule has 0 bridgehead atoms. The molecular weight excluding hydrogens is 248 g/mol. The van der Waals surface area contributed by atoms with Gasteiger partial charge in [-0.1, -0.05) is 19.9 Å². The molecule has 0 fully saturated rings. The van der Waals surface area contributed by atoms with Crippen molar-refractivity contribution in [1.29, 1.82) is 0 Å². The highest BCUT2D eigenvalue weighted by Crippen LogP contribution is 2.40. The first-order valence-electron chi connectivity index (χ1n) is 6.27. The number of halogens is 2. The average Bonchev–Trinajstić information content (AvgIpc) is 2.83. The smallest absolute Gasteiger partial charge is 0.169 e. The van der Waals surface area contributed by atoms with Crippen LogP contribution in [0, 0.1) is 17.0 Å². The molecule has 0 spiro atoms. The Labute approximate surface area is 110 Å². The molecule has 2 aromatic rings. The monoisotopic (exact) mass is 263 g/mol. The zero-order chi connectivity index (χ0) is 13.6. The van der Waals surface area contributed by atoms with E-state index >= 15 is 0 Å². The molecule has 0 unspecified atom stereocenters. The van der Waals surface area contributed by atoms with Gasteiger partial charge in [0.05, 0.1) is 11.6 Å². The molecule has 0 aliphatic carbocycles. The van der Waals surface area contributed by atoms with Crippen LogP contribution in [0.25, 0.3) is 16.5 Å². The molecule has 0 saturated heterocycles. The molecule has 0 atom stereocenters. The third-order valence-electron chi connectivity index (χ3n) is 3.66. The van der Waals surface area contributed by atoms with E-state index in [9.17, 15) is 8.78 Å². The quantitative estimate of drug-likeness (QED) is 0.848. The van der Waals surface area contributed by atoms with Crippen molar-refractivity contribution in [1.82, 2.24) is 5.32 Å². The number of hydrogen-bond acceptors (Lipinski definition) is 2. The second-order valence-corrected chi connectivity index (χ2v) is 5.52. The van der Waals surface area contributed by atoms with Crippen LogP contribution >= 0.6 is 0 Å². The van der Waals surface area contributed by atoms with Crippen LogP contribution in [0.3, 0.4) is 0 Å². The van der Waals surface area contributed by atoms with Crippen molar-refractivity contribution in [3.8, 4) is 0 Å². The van der Waals surface area contributed by atoms with Crippen LogP contribution in [0.4, 0.5) is 8.78 Å². The third-order valence-corrected chi connectivity index (χ3v) is 3.66. The second-order valence-electron chi connectivity index (χ2n) is 5.52. The molecule has 3 rings (SSSR count). The van der Waals surface area contributed by atoms with E-state index < -0.39 is 11.6 Å². The van der Waals surface area contributed by atoms with Crippen molar-refractivity contribution in [2.45, 2.75) is 13.8 Å². The van der Waals surface area contributed by atoms with Crippen molar-refractivity contribution >= 4 is 16.5 Å². The Hall–Kier alpha value is -1.68. The van der Waals surface area contributed by atoms with Gasteiger partial charge in [-0.25, -0.2) is 8.78 Å². The molecule has 0 saturated carbocycles. The number of furan rings is 1. The van der Waals surface area contributed by atoms with Gasteiger partial charge in [0, 0.05) is 24.1 Å². The number of nitrogens with one attached hydrogen (secondary N) is 1. The van der Waals surface area contributed by atoms with Crippen LogP contribution in [0.5, 0.6) is 0 Å². The van der Waals surface area contributed by atoms with E-state index in [0.29, 0.717) is 11.1 Å². The zero-order valence-electron chi connectivity index (χ0n) is 10.9. The van der Waals surface area contributed by atoms with E-state index in [1.807, 2.05) is 6.08 Å². The van der Waals surface area contributed by atoms with E-state index in [-0.39, 0.29) is 10.8 Å². The van der Waals surface area contributed by atoms with Crippen molar-refractivity contribution < 1.29 is 13.2 Å². The fourth-order valence-corrected chi connectivity index (χ4v) is 2.68. The van der Waals surface area contributed by atoms with E-state index in [2.05, 4.69) is 19.2 Å². The Morgan fingerprint density at radius 3 is 2.84 bits per heavy atom. The maximum absolute atomic E-state index is 13.7. The summed E-state index contributed by atoms with van der Waals surface area (Å²) >= 11 is 0. The molecule has 1 aromatic carbocycles. The van der Waals surface area contributed by atoms with Crippen LogP contribution in [0.15, 0.2) is 28.9 Å². The Balaban J connectivity index is 2.29. The minimum atomic E-state index is -0.847. The molecule has 100 valence electrons. The fraction of sp³-hybridized carbons (Fsp3) is 0.333. The van der Waals surface area contributed by atoms with Crippen molar-refractivity contribution in [2.24, 2.45) is 5.41 Å². The number of fused-ring (bicyclic) bond motifs is 1. The zero-order valence-corrected chi connectivity index (χ0v) is 10.9. The second kappa shape index (κ2) is 4.17. The molecule has 2 nitrogen and oxygen atoms in total. The standard InChI is InChI=1S/C15H15F2NO/c1-15(2)8-18-5-3-11(15)10-7-12(16)13(17)9-4-6-19-14(9)10/h3-4,6-7,18H,5,8H2,1-2H3. The maximum Gasteiger partial charge on any atom is 0.169 e. The van der Waals surface area contributed by atoms with Crippen LogP contribution in [-0.2, 0) is 0 Å². The summed E-state index contributed by atoms with van der Waals surface area (Å²) in [7, 11) is 0. The SMILES string of the molecule is CC1(C)CNCC=C1c1cc(F)c(F)c2ccoc12. The van der Waals surface area contributed by atoms with Crippen LogP contribution in [-0.4, -0.2) is 13.1 Å². The van der Waals surface area contributed by atoms with Crippen molar-refractivity contribution in [3.63, 3.8) is 0 Å². The average molecular weight is 263 g/mol. The number of hydrogen-bond donors (Lipinski definition) is 1. The lowest BCUT2D eigenvalue weighted by molar-refractivity contribution is 0.444. The first kappa shape index (κ1) is 12.4. The van der Waals surface area contributed by atoms with Crippen LogP contribution < -0.4 is 5.32 Å². The summed E-state index contributed by atoms with van der Waals surface area (Å²) in [6, 6.07) is 2.70. The molecular formula is C15H15F2NO. The molecule has 1 aliphatic rings. The number of rotatable bonds is 1. The van der Waals surface area contributed by atoms with E-state index in [4.69, 9.17) is 4.42 Å². The van der Waals surface area contributed by atoms with E-state index in [1.165, 1.54) is 18.4 Å². The minimum absolute atomic E-state index is 0.151. The predicted molar refractivity (Wildman–Crippen MR) is 70.8 cm³/mol. The van der Waals surface area contributed by atoms with Crippen molar-refractivity contribution in [2.75, 3.05) is 13.1 Å². The normalized spacial score (nSPS) is 18.6. The molecule has 0 radical (unpaired) electrons. The van der Waals surface area contributed by atoms with Gasteiger partial charge in [0.15, 0.2) is 11.6 Å². The fourth-order valence-electron chi connectivity index (χ4n) is 2.68. The lowest BCUT2D eigenvalue weighted by atomic mass is 9.78. The Morgan fingerprint density at radius 2 is 2.11 bits per heavy atom. The van der Waals surface area contributed by atoms with Gasteiger partial charge in [-0.05, 0) is 17.7 Å². The Bertz CT molecular complexity index is 670. The van der Waals surface area contributed by atoms with E-state index in [1.54, 1.807) is 0 Å². The van der Waals surface area contributed by atoms with Gasteiger partial charge in [-0.3, -0.25) is 0 Å². The van der Waals surface area contributed by atoms with Gasteiger partial charge < -0.3 is 9.73 Å². The molecule has 1 aliphatic heterocycles. The molecule has 0 amide bonds. The van der Waals surface area contributed by atoms with Crippen LogP contribution in [0.2, 0.25) is 0 Å². The van der Waals surface area contributed by atoms with Gasteiger partial charge in [-0.2, -0.15) is 0 Å². The Morgan fingerprint density at radius 1 is 1.32 bits per heavy atom. The minimum Gasteiger partial charge on any atom is -0.464 e. The first-order chi connectivity index (χ1) is 9.00. The highest BCUT2D eigenvalue weighted by Gasteiger charge is 2.29. The molecule has 19 heavy (non-hydrogen) atoms. The van der Waals surface area contributed by atoms with Gasteiger partial charge in [-0.15, -0.1) is 0 Å². The largest absolute Gasteiger partial charge is 0.464 e.